The van der Waals surface area contributed by atoms with Gasteiger partial charge in [0.25, 0.3) is 0 Å². The molecule has 0 saturated carbocycles. The SMILES string of the molecule is CC(Cc1nc2cccnn2c1Cl)C(=O)O. The minimum Gasteiger partial charge on any atom is -0.481 e. The molecule has 0 aliphatic heterocycles. The van der Waals surface area contributed by atoms with E-state index in [1.54, 1.807) is 25.3 Å². The molecule has 1 unspecified atom stereocenters. The lowest BCUT2D eigenvalue weighted by atomic mass is 10.1. The van der Waals surface area contributed by atoms with Gasteiger partial charge in [-0.1, -0.05) is 18.5 Å². The molecule has 0 fully saturated rings. The van der Waals surface area contributed by atoms with E-state index < -0.39 is 11.9 Å². The molecule has 84 valence electrons. The quantitative estimate of drug-likeness (QED) is 0.884. The van der Waals surface area contributed by atoms with Gasteiger partial charge in [-0.15, -0.1) is 0 Å². The predicted octanol–water partition coefficient (Wildman–Crippen LogP) is 1.65. The van der Waals surface area contributed by atoms with E-state index in [-0.39, 0.29) is 0 Å². The molecule has 0 spiro atoms. The maximum atomic E-state index is 10.7. The molecule has 1 N–H and O–H groups in total. The molecule has 5 nitrogen and oxygen atoms in total. The van der Waals surface area contributed by atoms with Gasteiger partial charge in [-0.2, -0.15) is 5.10 Å². The van der Waals surface area contributed by atoms with E-state index in [1.807, 2.05) is 0 Å². The van der Waals surface area contributed by atoms with Gasteiger partial charge >= 0.3 is 5.97 Å². The second kappa shape index (κ2) is 4.09. The highest BCUT2D eigenvalue weighted by Gasteiger charge is 2.17. The van der Waals surface area contributed by atoms with Gasteiger partial charge < -0.3 is 5.11 Å². The number of halogens is 1. The van der Waals surface area contributed by atoms with E-state index in [2.05, 4.69) is 10.1 Å². The van der Waals surface area contributed by atoms with E-state index in [1.165, 1.54) is 4.52 Å². The summed E-state index contributed by atoms with van der Waals surface area (Å²) in [5.74, 6) is -1.37. The van der Waals surface area contributed by atoms with Crippen LogP contribution in [0.4, 0.5) is 0 Å². The van der Waals surface area contributed by atoms with Crippen molar-refractivity contribution in [1.29, 1.82) is 0 Å². The number of carbonyl (C=O) groups is 1. The first kappa shape index (κ1) is 10.9. The summed E-state index contributed by atoms with van der Waals surface area (Å²) in [6.45, 7) is 1.62. The molecule has 16 heavy (non-hydrogen) atoms. The third-order valence-electron chi connectivity index (χ3n) is 2.33. The molecule has 6 heteroatoms. The van der Waals surface area contributed by atoms with Gasteiger partial charge in [0, 0.05) is 12.6 Å². The van der Waals surface area contributed by atoms with Crippen LogP contribution in [-0.4, -0.2) is 25.7 Å². The zero-order valence-electron chi connectivity index (χ0n) is 8.59. The molecule has 0 aliphatic carbocycles. The zero-order chi connectivity index (χ0) is 11.7. The minimum absolute atomic E-state index is 0.303. The van der Waals surface area contributed by atoms with Crippen molar-refractivity contribution in [2.45, 2.75) is 13.3 Å². The van der Waals surface area contributed by atoms with E-state index >= 15 is 0 Å². The summed E-state index contributed by atoms with van der Waals surface area (Å²) in [5, 5.41) is 13.2. The predicted molar refractivity (Wildman–Crippen MR) is 58.5 cm³/mol. The Balaban J connectivity index is 2.38. The topological polar surface area (TPSA) is 67.5 Å². The highest BCUT2D eigenvalue weighted by molar-refractivity contribution is 6.30. The molecule has 2 rings (SSSR count). The highest BCUT2D eigenvalue weighted by Crippen LogP contribution is 2.19. The Morgan fingerprint density at radius 3 is 3.06 bits per heavy atom. The lowest BCUT2D eigenvalue weighted by molar-refractivity contribution is -0.141. The summed E-state index contributed by atoms with van der Waals surface area (Å²) in [4.78, 5) is 15.0. The van der Waals surface area contributed by atoms with Crippen LogP contribution in [0.1, 0.15) is 12.6 Å². The molecule has 2 aromatic heterocycles. The molecule has 0 radical (unpaired) electrons. The van der Waals surface area contributed by atoms with E-state index in [9.17, 15) is 4.79 Å². The second-order valence-corrected chi connectivity index (χ2v) is 3.94. The first-order valence-electron chi connectivity index (χ1n) is 4.80. The summed E-state index contributed by atoms with van der Waals surface area (Å²) in [6.07, 6.45) is 1.91. The van der Waals surface area contributed by atoms with Gasteiger partial charge in [0.15, 0.2) is 10.8 Å². The van der Waals surface area contributed by atoms with Gasteiger partial charge in [0.1, 0.15) is 0 Å². The van der Waals surface area contributed by atoms with Crippen molar-refractivity contribution < 1.29 is 9.90 Å². The zero-order valence-corrected chi connectivity index (χ0v) is 9.35. The monoisotopic (exact) mass is 239 g/mol. The van der Waals surface area contributed by atoms with Crippen LogP contribution < -0.4 is 0 Å². The maximum absolute atomic E-state index is 10.7. The summed E-state index contributed by atoms with van der Waals surface area (Å²) in [7, 11) is 0. The third kappa shape index (κ3) is 1.86. The third-order valence-corrected chi connectivity index (χ3v) is 2.70. The number of imidazole rings is 1. The second-order valence-electron chi connectivity index (χ2n) is 3.59. The van der Waals surface area contributed by atoms with Crippen molar-refractivity contribution in [3.63, 3.8) is 0 Å². The van der Waals surface area contributed by atoms with Gasteiger partial charge in [-0.05, 0) is 12.1 Å². The smallest absolute Gasteiger partial charge is 0.306 e. The average molecular weight is 240 g/mol. The normalized spacial score (nSPS) is 12.9. The number of aliphatic carboxylic acids is 1. The summed E-state index contributed by atoms with van der Waals surface area (Å²) in [5.41, 5.74) is 1.19. The Bertz CT molecular complexity index is 538. The average Bonchev–Trinajstić information content (AvgIpc) is 2.56. The molecular weight excluding hydrogens is 230 g/mol. The number of nitrogens with zero attached hydrogens (tertiary/aromatic N) is 3. The molecule has 0 aliphatic rings. The van der Waals surface area contributed by atoms with Crippen molar-refractivity contribution in [2.75, 3.05) is 0 Å². The van der Waals surface area contributed by atoms with Crippen LogP contribution >= 0.6 is 11.6 Å². The van der Waals surface area contributed by atoms with Crippen molar-refractivity contribution >= 4 is 23.2 Å². The van der Waals surface area contributed by atoms with E-state index in [0.717, 1.165) is 0 Å². The highest BCUT2D eigenvalue weighted by atomic mass is 35.5. The Labute approximate surface area is 96.7 Å². The number of fused-ring (bicyclic) bond motifs is 1. The maximum Gasteiger partial charge on any atom is 0.306 e. The lowest BCUT2D eigenvalue weighted by Gasteiger charge is -2.02. The molecule has 0 saturated heterocycles. The number of rotatable bonds is 3. The number of hydrogen-bond donors (Lipinski definition) is 1. The standard InChI is InChI=1S/C10H10ClN3O2/c1-6(10(15)16)5-7-9(11)14-8(13-7)3-2-4-12-14/h2-4,6H,5H2,1H3,(H,15,16). The molecular formula is C10H10ClN3O2. The van der Waals surface area contributed by atoms with Gasteiger partial charge in [-0.25, -0.2) is 9.50 Å². The minimum atomic E-state index is -0.860. The molecule has 2 aromatic rings. The number of aromatic nitrogens is 3. The van der Waals surface area contributed by atoms with Gasteiger partial charge in [0.05, 0.1) is 11.6 Å². The van der Waals surface area contributed by atoms with Crippen molar-refractivity contribution in [1.82, 2.24) is 14.6 Å². The summed E-state index contributed by atoms with van der Waals surface area (Å²) >= 11 is 6.05. The van der Waals surface area contributed by atoms with Crippen LogP contribution in [0.5, 0.6) is 0 Å². The van der Waals surface area contributed by atoms with E-state index in [4.69, 9.17) is 16.7 Å². The Hall–Kier alpha value is -1.62. The molecule has 1 atom stereocenters. The molecule has 0 aromatic carbocycles. The van der Waals surface area contributed by atoms with Crippen LogP contribution in [0.25, 0.3) is 5.65 Å². The van der Waals surface area contributed by atoms with Gasteiger partial charge in [-0.3, -0.25) is 4.79 Å². The first-order valence-corrected chi connectivity index (χ1v) is 5.18. The van der Waals surface area contributed by atoms with Crippen LogP contribution in [0.15, 0.2) is 18.3 Å². The Morgan fingerprint density at radius 2 is 2.44 bits per heavy atom. The number of carboxylic acids is 1. The fourth-order valence-electron chi connectivity index (χ4n) is 1.41. The van der Waals surface area contributed by atoms with Crippen LogP contribution in [0, 0.1) is 5.92 Å². The molecule has 2 heterocycles. The summed E-state index contributed by atoms with van der Waals surface area (Å²) < 4.78 is 1.49. The van der Waals surface area contributed by atoms with Crippen LogP contribution in [0.2, 0.25) is 5.15 Å². The Kier molecular flexibility index (Phi) is 2.78. The van der Waals surface area contributed by atoms with E-state index in [0.29, 0.717) is 22.9 Å². The molecule has 0 amide bonds. The van der Waals surface area contributed by atoms with Crippen molar-refractivity contribution in [3.8, 4) is 0 Å². The largest absolute Gasteiger partial charge is 0.481 e. The van der Waals surface area contributed by atoms with Crippen molar-refractivity contribution in [2.24, 2.45) is 5.92 Å². The molecule has 0 bridgehead atoms. The van der Waals surface area contributed by atoms with Crippen LogP contribution in [-0.2, 0) is 11.2 Å². The Morgan fingerprint density at radius 1 is 1.69 bits per heavy atom. The fourth-order valence-corrected chi connectivity index (χ4v) is 1.66. The summed E-state index contributed by atoms with van der Waals surface area (Å²) in [6, 6.07) is 3.52. The number of hydrogen-bond acceptors (Lipinski definition) is 3. The first-order chi connectivity index (χ1) is 7.59. The number of carboxylic acid groups (broad SMARTS) is 1. The van der Waals surface area contributed by atoms with Gasteiger partial charge in [0.2, 0.25) is 0 Å². The fraction of sp³-hybridized carbons (Fsp3) is 0.300. The van der Waals surface area contributed by atoms with Crippen LogP contribution in [0.3, 0.4) is 0 Å². The van der Waals surface area contributed by atoms with Crippen molar-refractivity contribution in [3.05, 3.63) is 29.2 Å². The lowest BCUT2D eigenvalue weighted by Crippen LogP contribution is -2.12.